The van der Waals surface area contributed by atoms with Crippen LogP contribution in [0.4, 0.5) is 0 Å². The van der Waals surface area contributed by atoms with Crippen molar-refractivity contribution in [3.63, 3.8) is 0 Å². The summed E-state index contributed by atoms with van der Waals surface area (Å²) < 4.78 is 53.7. The van der Waals surface area contributed by atoms with E-state index >= 15 is 0 Å². The van der Waals surface area contributed by atoms with Crippen molar-refractivity contribution in [2.75, 3.05) is 19.0 Å². The Morgan fingerprint density at radius 1 is 0.625 bits per heavy atom. The smallest absolute Gasteiger partial charge is 0.306 e. The minimum Gasteiger partial charge on any atom is -0.462 e. The maximum absolute atomic E-state index is 12.7. The van der Waals surface area contributed by atoms with Crippen molar-refractivity contribution in [3.8, 4) is 0 Å². The van der Waals surface area contributed by atoms with Gasteiger partial charge in [0.05, 0.1) is 6.61 Å². The first-order valence-corrected chi connectivity index (χ1v) is 20.2. The highest BCUT2D eigenvalue weighted by Crippen LogP contribution is 2.24. The van der Waals surface area contributed by atoms with E-state index in [-0.39, 0.29) is 19.4 Å². The molecule has 13 heteroatoms. The molecular weight excluding hydrogens is 644 g/mol. The van der Waals surface area contributed by atoms with Crippen LogP contribution in [0.3, 0.4) is 0 Å². The van der Waals surface area contributed by atoms with Crippen LogP contribution in [0.2, 0.25) is 0 Å². The molecule has 284 valence electrons. The van der Waals surface area contributed by atoms with Gasteiger partial charge in [0.15, 0.2) is 12.4 Å². The van der Waals surface area contributed by atoms with Gasteiger partial charge >= 0.3 is 11.9 Å². The quantitative estimate of drug-likeness (QED) is 0.0401. The van der Waals surface area contributed by atoms with Gasteiger partial charge < -0.3 is 34.3 Å². The first kappa shape index (κ1) is 44.7. The Kier molecular flexibility index (Phi) is 25.5. The van der Waals surface area contributed by atoms with Crippen LogP contribution in [0.25, 0.3) is 0 Å². The fraction of sp³-hybridized carbons (Fsp3) is 0.943. The second-order valence-corrected chi connectivity index (χ2v) is 14.8. The van der Waals surface area contributed by atoms with Gasteiger partial charge in [-0.05, 0) is 12.8 Å². The number of hydrogen-bond acceptors (Lipinski definition) is 11. The Labute approximate surface area is 289 Å². The van der Waals surface area contributed by atoms with Crippen LogP contribution in [0.1, 0.15) is 155 Å². The van der Waals surface area contributed by atoms with Crippen LogP contribution in [0.5, 0.6) is 0 Å². The molecular formula is C35H66O12S. The van der Waals surface area contributed by atoms with Gasteiger partial charge in [-0.3, -0.25) is 14.1 Å². The summed E-state index contributed by atoms with van der Waals surface area (Å²) in [7, 11) is -4.59. The number of ether oxygens (including phenoxy) is 4. The van der Waals surface area contributed by atoms with Crippen molar-refractivity contribution in [3.05, 3.63) is 0 Å². The number of aliphatic hydroxyl groups excluding tert-OH is 3. The van der Waals surface area contributed by atoms with E-state index in [1.165, 1.54) is 77.0 Å². The molecule has 0 spiro atoms. The fourth-order valence-corrected chi connectivity index (χ4v) is 6.43. The van der Waals surface area contributed by atoms with Crippen molar-refractivity contribution < 1.29 is 56.8 Å². The Morgan fingerprint density at radius 3 is 1.52 bits per heavy atom. The van der Waals surface area contributed by atoms with E-state index in [1.807, 2.05) is 0 Å². The first-order valence-electron chi connectivity index (χ1n) is 18.6. The molecule has 0 saturated carbocycles. The number of carbonyl (C=O) groups is 2. The topological polar surface area (TPSA) is 186 Å². The summed E-state index contributed by atoms with van der Waals surface area (Å²) in [5.41, 5.74) is 0. The average Bonchev–Trinajstić information content (AvgIpc) is 3.04. The second-order valence-electron chi connectivity index (χ2n) is 13.3. The summed E-state index contributed by atoms with van der Waals surface area (Å²) in [5.74, 6) is -1.98. The summed E-state index contributed by atoms with van der Waals surface area (Å²) in [4.78, 5) is 25.1. The number of carbonyl (C=O) groups excluding carboxylic acids is 2. The summed E-state index contributed by atoms with van der Waals surface area (Å²) in [6.45, 7) is 3.69. The average molecular weight is 711 g/mol. The zero-order chi connectivity index (χ0) is 35.6. The van der Waals surface area contributed by atoms with Crippen molar-refractivity contribution in [1.82, 2.24) is 0 Å². The van der Waals surface area contributed by atoms with E-state index in [2.05, 4.69) is 13.8 Å². The van der Waals surface area contributed by atoms with Crippen LogP contribution >= 0.6 is 0 Å². The number of hydrogen-bond donors (Lipinski definition) is 4. The predicted octanol–water partition coefficient (Wildman–Crippen LogP) is 5.78. The molecule has 0 amide bonds. The van der Waals surface area contributed by atoms with Crippen molar-refractivity contribution in [2.45, 2.75) is 192 Å². The molecule has 1 aliphatic rings. The predicted molar refractivity (Wildman–Crippen MR) is 183 cm³/mol. The van der Waals surface area contributed by atoms with Gasteiger partial charge in [0, 0.05) is 12.8 Å². The molecule has 4 N–H and O–H groups in total. The molecule has 0 radical (unpaired) electrons. The number of unbranched alkanes of at least 4 members (excludes halogenated alkanes) is 18. The molecule has 1 fully saturated rings. The molecule has 12 nitrogen and oxygen atoms in total. The van der Waals surface area contributed by atoms with Crippen molar-refractivity contribution >= 4 is 22.1 Å². The number of esters is 2. The van der Waals surface area contributed by atoms with E-state index in [9.17, 15) is 37.9 Å². The van der Waals surface area contributed by atoms with Crippen LogP contribution in [-0.4, -0.2) is 96.0 Å². The lowest BCUT2D eigenvalue weighted by atomic mass is 10.00. The van der Waals surface area contributed by atoms with Gasteiger partial charge in [0.2, 0.25) is 0 Å². The van der Waals surface area contributed by atoms with Gasteiger partial charge in [-0.15, -0.1) is 0 Å². The third kappa shape index (κ3) is 22.4. The fourth-order valence-electron chi connectivity index (χ4n) is 5.73. The number of rotatable bonds is 30. The zero-order valence-corrected chi connectivity index (χ0v) is 30.4. The third-order valence-electron chi connectivity index (χ3n) is 8.69. The minimum atomic E-state index is -4.59. The Hall–Kier alpha value is -1.35. The Balaban J connectivity index is 2.55. The van der Waals surface area contributed by atoms with Gasteiger partial charge in [-0.25, -0.2) is 0 Å². The lowest BCUT2D eigenvalue weighted by Crippen LogP contribution is -2.60. The molecule has 48 heavy (non-hydrogen) atoms. The number of aliphatic hydroxyl groups is 3. The van der Waals surface area contributed by atoms with Gasteiger partial charge in [-0.2, -0.15) is 8.42 Å². The molecule has 0 aliphatic carbocycles. The molecule has 1 rings (SSSR count). The lowest BCUT2D eigenvalue weighted by molar-refractivity contribution is -0.297. The maximum atomic E-state index is 12.7. The highest BCUT2D eigenvalue weighted by Gasteiger charge is 2.46. The Morgan fingerprint density at radius 2 is 1.06 bits per heavy atom. The lowest BCUT2D eigenvalue weighted by Gasteiger charge is -2.40. The molecule has 0 bridgehead atoms. The molecule has 0 aromatic rings. The maximum Gasteiger partial charge on any atom is 0.306 e. The molecule has 0 aromatic heterocycles. The van der Waals surface area contributed by atoms with Gasteiger partial charge in [0.1, 0.15) is 36.8 Å². The summed E-state index contributed by atoms with van der Waals surface area (Å²) >= 11 is 0. The molecule has 0 aromatic carbocycles. The molecule has 0 unspecified atom stereocenters. The summed E-state index contributed by atoms with van der Waals surface area (Å²) in [6.07, 6.45) is 13.2. The van der Waals surface area contributed by atoms with Crippen LogP contribution in [-0.2, 0) is 38.7 Å². The van der Waals surface area contributed by atoms with E-state index in [0.717, 1.165) is 38.5 Å². The van der Waals surface area contributed by atoms with Crippen molar-refractivity contribution in [1.29, 1.82) is 0 Å². The van der Waals surface area contributed by atoms with E-state index in [0.29, 0.717) is 12.8 Å². The molecule has 1 heterocycles. The van der Waals surface area contributed by atoms with Crippen LogP contribution in [0.15, 0.2) is 0 Å². The van der Waals surface area contributed by atoms with Crippen molar-refractivity contribution in [2.24, 2.45) is 0 Å². The van der Waals surface area contributed by atoms with E-state index in [4.69, 9.17) is 18.9 Å². The zero-order valence-electron chi connectivity index (χ0n) is 29.6. The second kappa shape index (κ2) is 27.4. The van der Waals surface area contributed by atoms with E-state index in [1.54, 1.807) is 0 Å². The highest BCUT2D eigenvalue weighted by atomic mass is 32.2. The van der Waals surface area contributed by atoms with Gasteiger partial charge in [0.25, 0.3) is 10.1 Å². The Bertz CT molecular complexity index is 931. The first-order chi connectivity index (χ1) is 23.0. The monoisotopic (exact) mass is 710 g/mol. The largest absolute Gasteiger partial charge is 0.462 e. The summed E-state index contributed by atoms with van der Waals surface area (Å²) in [5, 5.41) is 30.7. The highest BCUT2D eigenvalue weighted by molar-refractivity contribution is 7.85. The third-order valence-corrected chi connectivity index (χ3v) is 9.44. The normalized spacial score (nSPS) is 22.0. The SMILES string of the molecule is CCCCCCCCCCCCCC(=O)O[C@H](COC(=O)CCCCCCCCCCC)CO[C@@H]1O[C@H](CS(=O)(=O)O)[C@@H](O)[C@H](O)[C@H]1O. The molecule has 6 atom stereocenters. The molecule has 1 aliphatic heterocycles. The van der Waals surface area contributed by atoms with Crippen LogP contribution in [0, 0.1) is 0 Å². The standard InChI is InChI=1S/C35H66O12S/c1-3-5-7-9-11-13-14-16-18-20-22-24-31(37)46-28(25-44-30(36)23-21-19-17-15-12-10-8-6-4-2)26-45-35-34(40)33(39)32(38)29(47-35)27-48(41,42)43/h28-29,32-35,38-40H,3-27H2,1-2H3,(H,41,42,43)/t28-,29-,32-,33+,34-,35-/m1/s1. The minimum absolute atomic E-state index is 0.170. The van der Waals surface area contributed by atoms with Gasteiger partial charge in [-0.1, -0.05) is 129 Å². The van der Waals surface area contributed by atoms with E-state index < -0.39 is 71.2 Å². The molecule has 1 saturated heterocycles. The summed E-state index contributed by atoms with van der Waals surface area (Å²) in [6, 6.07) is 0. The van der Waals surface area contributed by atoms with Crippen LogP contribution < -0.4 is 0 Å².